The summed E-state index contributed by atoms with van der Waals surface area (Å²) in [6.45, 7) is 4.60. The van der Waals surface area contributed by atoms with Crippen LogP contribution in [0.15, 0.2) is 18.2 Å². The van der Waals surface area contributed by atoms with E-state index in [0.717, 1.165) is 11.3 Å². The number of nitrogens with one attached hydrogen (secondary N) is 1. The van der Waals surface area contributed by atoms with Gasteiger partial charge in [-0.15, -0.1) is 0 Å². The van der Waals surface area contributed by atoms with Gasteiger partial charge in [-0.2, -0.15) is 0 Å². The van der Waals surface area contributed by atoms with E-state index < -0.39 is 6.10 Å². The number of hydrogen-bond donors (Lipinski definition) is 2. The zero-order chi connectivity index (χ0) is 17.0. The van der Waals surface area contributed by atoms with Crippen molar-refractivity contribution in [3.8, 4) is 0 Å². The van der Waals surface area contributed by atoms with Crippen molar-refractivity contribution in [2.24, 2.45) is 5.92 Å². The monoisotopic (exact) mass is 338 g/mol. The van der Waals surface area contributed by atoms with Gasteiger partial charge in [-0.25, -0.2) is 0 Å². The van der Waals surface area contributed by atoms with Gasteiger partial charge in [-0.3, -0.25) is 9.59 Å². The fourth-order valence-electron chi connectivity index (χ4n) is 2.70. The van der Waals surface area contributed by atoms with Crippen LogP contribution in [0.3, 0.4) is 0 Å². The second kappa shape index (κ2) is 7.79. The van der Waals surface area contributed by atoms with Crippen molar-refractivity contribution in [1.29, 1.82) is 0 Å². The highest BCUT2D eigenvalue weighted by atomic mass is 35.5. The quantitative estimate of drug-likeness (QED) is 0.836. The van der Waals surface area contributed by atoms with E-state index >= 15 is 0 Å². The van der Waals surface area contributed by atoms with Gasteiger partial charge in [0.05, 0.1) is 12.0 Å². The molecule has 126 valence electrons. The van der Waals surface area contributed by atoms with Crippen molar-refractivity contribution in [3.63, 3.8) is 0 Å². The van der Waals surface area contributed by atoms with Crippen molar-refractivity contribution < 1.29 is 14.7 Å². The Morgan fingerprint density at radius 2 is 2.26 bits per heavy atom. The molecule has 0 radical (unpaired) electrons. The average molecular weight is 339 g/mol. The molecule has 5 nitrogen and oxygen atoms in total. The molecule has 1 aromatic carbocycles. The Labute approximate surface area is 141 Å². The van der Waals surface area contributed by atoms with Crippen LogP contribution in [0.2, 0.25) is 5.02 Å². The molecule has 2 amide bonds. The molecule has 1 aliphatic heterocycles. The molecule has 2 N–H and O–H groups in total. The minimum atomic E-state index is -0.397. The van der Waals surface area contributed by atoms with E-state index in [1.54, 1.807) is 17.0 Å². The molecule has 6 heteroatoms. The van der Waals surface area contributed by atoms with E-state index in [0.29, 0.717) is 31.0 Å². The number of benzene rings is 1. The van der Waals surface area contributed by atoms with Gasteiger partial charge >= 0.3 is 0 Å². The van der Waals surface area contributed by atoms with Crippen LogP contribution >= 0.6 is 11.6 Å². The van der Waals surface area contributed by atoms with E-state index in [4.69, 9.17) is 11.6 Å². The number of halogens is 1. The number of aliphatic hydroxyl groups is 1. The largest absolute Gasteiger partial charge is 0.393 e. The van der Waals surface area contributed by atoms with Crippen LogP contribution in [0.1, 0.15) is 31.7 Å². The molecule has 0 bridgehead atoms. The summed E-state index contributed by atoms with van der Waals surface area (Å²) < 4.78 is 0. The Hall–Kier alpha value is -1.59. The molecule has 0 saturated carbocycles. The highest BCUT2D eigenvalue weighted by Crippen LogP contribution is 2.30. The van der Waals surface area contributed by atoms with Crippen molar-refractivity contribution in [2.75, 3.05) is 18.0 Å². The predicted octanol–water partition coefficient (Wildman–Crippen LogP) is 2.28. The summed E-state index contributed by atoms with van der Waals surface area (Å²) in [6, 6.07) is 5.40. The van der Waals surface area contributed by atoms with Gasteiger partial charge in [0.25, 0.3) is 0 Å². The fourth-order valence-corrected chi connectivity index (χ4v) is 2.87. The Bertz CT molecular complexity index is 591. The van der Waals surface area contributed by atoms with Crippen LogP contribution in [-0.4, -0.2) is 36.1 Å². The molecule has 1 heterocycles. The second-order valence-electron chi connectivity index (χ2n) is 5.98. The van der Waals surface area contributed by atoms with Gasteiger partial charge in [0.15, 0.2) is 0 Å². The van der Waals surface area contributed by atoms with Gasteiger partial charge in [0, 0.05) is 30.2 Å². The Morgan fingerprint density at radius 3 is 2.96 bits per heavy atom. The van der Waals surface area contributed by atoms with Gasteiger partial charge in [0.2, 0.25) is 11.8 Å². The molecule has 1 fully saturated rings. The van der Waals surface area contributed by atoms with Crippen LogP contribution < -0.4 is 10.2 Å². The predicted molar refractivity (Wildman–Crippen MR) is 90.6 cm³/mol. The lowest BCUT2D eigenvalue weighted by Crippen LogP contribution is -2.34. The third kappa shape index (κ3) is 4.45. The molecule has 1 aliphatic rings. The first-order valence-electron chi connectivity index (χ1n) is 7.94. The summed E-state index contributed by atoms with van der Waals surface area (Å²) in [5.41, 5.74) is 1.72. The lowest BCUT2D eigenvalue weighted by atomic mass is 10.1. The van der Waals surface area contributed by atoms with Crippen molar-refractivity contribution in [3.05, 3.63) is 28.8 Å². The molecule has 2 atom stereocenters. The summed E-state index contributed by atoms with van der Waals surface area (Å²) in [7, 11) is 0. The van der Waals surface area contributed by atoms with Gasteiger partial charge in [-0.1, -0.05) is 24.6 Å². The summed E-state index contributed by atoms with van der Waals surface area (Å²) in [4.78, 5) is 26.1. The fraction of sp³-hybridized carbons (Fsp3) is 0.529. The first-order chi connectivity index (χ1) is 10.9. The highest BCUT2D eigenvalue weighted by Gasteiger charge is 2.35. The number of rotatable bonds is 6. The third-order valence-electron chi connectivity index (χ3n) is 4.21. The van der Waals surface area contributed by atoms with Gasteiger partial charge in [-0.05, 0) is 37.5 Å². The van der Waals surface area contributed by atoms with Crippen molar-refractivity contribution in [2.45, 2.75) is 39.2 Å². The lowest BCUT2D eigenvalue weighted by Gasteiger charge is -2.19. The molecular formula is C17H23ClN2O3. The molecule has 0 aliphatic carbocycles. The van der Waals surface area contributed by atoms with Crippen molar-refractivity contribution in [1.82, 2.24) is 5.32 Å². The van der Waals surface area contributed by atoms with E-state index in [2.05, 4.69) is 5.32 Å². The summed E-state index contributed by atoms with van der Waals surface area (Å²) >= 11 is 6.01. The standard InChI is InChI=1S/C17H23ClN2O3/c1-3-14(21)6-7-19-17(23)12-8-16(22)20(10-12)15-9-13(18)5-4-11(15)2/h4-5,9,12,14,21H,3,6-8,10H2,1-2H3,(H,19,23). The number of anilines is 1. The Balaban J connectivity index is 1.97. The van der Waals surface area contributed by atoms with Crippen LogP contribution in [0.25, 0.3) is 0 Å². The van der Waals surface area contributed by atoms with Crippen LogP contribution in [0.4, 0.5) is 5.69 Å². The average Bonchev–Trinajstić information content (AvgIpc) is 2.91. The molecule has 1 saturated heterocycles. The van der Waals surface area contributed by atoms with Crippen LogP contribution in [0.5, 0.6) is 0 Å². The molecule has 23 heavy (non-hydrogen) atoms. The SMILES string of the molecule is CCC(O)CCNC(=O)C1CC(=O)N(c2cc(Cl)ccc2C)C1. The highest BCUT2D eigenvalue weighted by molar-refractivity contribution is 6.31. The van der Waals surface area contributed by atoms with Gasteiger partial charge < -0.3 is 15.3 Å². The number of carbonyl (C=O) groups excluding carboxylic acids is 2. The number of nitrogens with zero attached hydrogens (tertiary/aromatic N) is 1. The van der Waals surface area contributed by atoms with E-state index in [1.165, 1.54) is 0 Å². The topological polar surface area (TPSA) is 69.6 Å². The smallest absolute Gasteiger partial charge is 0.227 e. The van der Waals surface area contributed by atoms with E-state index in [-0.39, 0.29) is 24.2 Å². The Kier molecular flexibility index (Phi) is 6.02. The third-order valence-corrected chi connectivity index (χ3v) is 4.44. The number of aliphatic hydroxyl groups excluding tert-OH is 1. The minimum Gasteiger partial charge on any atom is -0.393 e. The maximum Gasteiger partial charge on any atom is 0.227 e. The van der Waals surface area contributed by atoms with Crippen molar-refractivity contribution >= 4 is 29.1 Å². The minimum absolute atomic E-state index is 0.0656. The number of amides is 2. The zero-order valence-corrected chi connectivity index (χ0v) is 14.3. The summed E-state index contributed by atoms with van der Waals surface area (Å²) in [6.07, 6.45) is 0.999. The molecule has 2 unspecified atom stereocenters. The lowest BCUT2D eigenvalue weighted by molar-refractivity contribution is -0.126. The first-order valence-corrected chi connectivity index (χ1v) is 8.32. The summed E-state index contributed by atoms with van der Waals surface area (Å²) in [5, 5.41) is 12.9. The summed E-state index contributed by atoms with van der Waals surface area (Å²) in [5.74, 6) is -0.562. The Morgan fingerprint density at radius 1 is 1.52 bits per heavy atom. The zero-order valence-electron chi connectivity index (χ0n) is 13.5. The first kappa shape index (κ1) is 17.8. The second-order valence-corrected chi connectivity index (χ2v) is 6.41. The molecule has 2 rings (SSSR count). The number of aryl methyl sites for hydroxylation is 1. The normalized spacial score (nSPS) is 19.0. The van der Waals surface area contributed by atoms with Crippen LogP contribution in [0, 0.1) is 12.8 Å². The molecule has 0 aromatic heterocycles. The molecule has 0 spiro atoms. The molecule has 1 aromatic rings. The van der Waals surface area contributed by atoms with Crippen LogP contribution in [-0.2, 0) is 9.59 Å². The van der Waals surface area contributed by atoms with E-state index in [1.807, 2.05) is 19.9 Å². The van der Waals surface area contributed by atoms with Gasteiger partial charge in [0.1, 0.15) is 0 Å². The number of hydrogen-bond acceptors (Lipinski definition) is 3. The van der Waals surface area contributed by atoms with E-state index in [9.17, 15) is 14.7 Å². The maximum absolute atomic E-state index is 12.2. The number of carbonyl (C=O) groups is 2. The molecular weight excluding hydrogens is 316 g/mol. The maximum atomic E-state index is 12.2.